The molecule has 21 heavy (non-hydrogen) atoms. The van der Waals surface area contributed by atoms with Gasteiger partial charge in [-0.2, -0.15) is 0 Å². The molecule has 0 aromatic rings. The Kier molecular flexibility index (Phi) is 9.82. The minimum Gasteiger partial charge on any atom is -0.481 e. The molecule has 0 spiro atoms. The highest BCUT2D eigenvalue weighted by molar-refractivity contribution is 5.94. The molecule has 120 valence electrons. The van der Waals surface area contributed by atoms with E-state index in [-0.39, 0.29) is 31.8 Å². The van der Waals surface area contributed by atoms with Crippen molar-refractivity contribution in [2.75, 3.05) is 34.0 Å². The van der Waals surface area contributed by atoms with E-state index in [1.807, 2.05) is 0 Å². The normalized spacial score (nSPS) is 11.5. The summed E-state index contributed by atoms with van der Waals surface area (Å²) in [6, 6.07) is 0. The monoisotopic (exact) mass is 304 g/mol. The number of rotatable bonds is 11. The maximum absolute atomic E-state index is 11.7. The van der Waals surface area contributed by atoms with Crippen molar-refractivity contribution < 1.29 is 38.4 Å². The zero-order valence-corrected chi connectivity index (χ0v) is 12.1. The summed E-state index contributed by atoms with van der Waals surface area (Å²) in [5.41, 5.74) is -0.255. The van der Waals surface area contributed by atoms with Crippen LogP contribution < -0.4 is 0 Å². The van der Waals surface area contributed by atoms with Gasteiger partial charge in [-0.25, -0.2) is 9.59 Å². The number of hydrogen-bond donors (Lipinski definition) is 1. The van der Waals surface area contributed by atoms with Gasteiger partial charge in [0, 0.05) is 26.2 Å². The Bertz CT molecular complexity index is 376. The number of ether oxygens (including phenoxy) is 4. The van der Waals surface area contributed by atoms with Gasteiger partial charge in [0.1, 0.15) is 6.61 Å². The molecule has 0 aliphatic rings. The van der Waals surface area contributed by atoms with Crippen molar-refractivity contribution in [3.63, 3.8) is 0 Å². The molecule has 0 fully saturated rings. The van der Waals surface area contributed by atoms with E-state index in [9.17, 15) is 14.4 Å². The Balaban J connectivity index is 4.52. The third kappa shape index (κ3) is 8.77. The molecule has 0 aromatic carbocycles. The molecule has 0 rings (SSSR count). The molecule has 0 heterocycles. The van der Waals surface area contributed by atoms with Crippen LogP contribution in [0.5, 0.6) is 0 Å². The summed E-state index contributed by atoms with van der Waals surface area (Å²) in [5, 5.41) is 8.57. The fourth-order valence-corrected chi connectivity index (χ4v) is 1.24. The van der Waals surface area contributed by atoms with E-state index in [4.69, 9.17) is 24.1 Å². The van der Waals surface area contributed by atoms with Crippen molar-refractivity contribution in [2.24, 2.45) is 0 Å². The van der Waals surface area contributed by atoms with Gasteiger partial charge >= 0.3 is 17.9 Å². The van der Waals surface area contributed by atoms with E-state index < -0.39 is 30.4 Å². The second-order valence-electron chi connectivity index (χ2n) is 4.01. The SMILES string of the molecule is C=C(CC(=O)O)C(=O)OC(CCOC)C(=O)OCCOC. The summed E-state index contributed by atoms with van der Waals surface area (Å²) >= 11 is 0. The highest BCUT2D eigenvalue weighted by atomic mass is 16.6. The first-order chi connectivity index (χ1) is 9.92. The van der Waals surface area contributed by atoms with Crippen LogP contribution in [-0.4, -0.2) is 63.2 Å². The Labute approximate surface area is 122 Å². The lowest BCUT2D eigenvalue weighted by Crippen LogP contribution is -2.31. The quantitative estimate of drug-likeness (QED) is 0.326. The first kappa shape index (κ1) is 19.1. The summed E-state index contributed by atoms with van der Waals surface area (Å²) in [6.45, 7) is 3.70. The summed E-state index contributed by atoms with van der Waals surface area (Å²) in [5.74, 6) is -2.92. The lowest BCUT2D eigenvalue weighted by atomic mass is 10.2. The Morgan fingerprint density at radius 1 is 1.10 bits per heavy atom. The van der Waals surface area contributed by atoms with Crippen LogP contribution in [0.25, 0.3) is 0 Å². The van der Waals surface area contributed by atoms with Crippen LogP contribution in [0, 0.1) is 0 Å². The standard InChI is InChI=1S/C13H20O8/c1-9(8-11(14)15)12(16)21-10(4-5-18-2)13(17)20-7-6-19-3/h10H,1,4-8H2,2-3H3,(H,14,15). The molecule has 0 saturated carbocycles. The molecule has 0 aliphatic carbocycles. The molecule has 1 unspecified atom stereocenters. The summed E-state index contributed by atoms with van der Waals surface area (Å²) < 4.78 is 19.3. The van der Waals surface area contributed by atoms with E-state index in [1.54, 1.807) is 0 Å². The van der Waals surface area contributed by atoms with E-state index in [0.29, 0.717) is 0 Å². The number of methoxy groups -OCH3 is 2. The Morgan fingerprint density at radius 2 is 1.71 bits per heavy atom. The molecule has 0 bridgehead atoms. The Morgan fingerprint density at radius 3 is 2.24 bits per heavy atom. The zero-order valence-electron chi connectivity index (χ0n) is 12.1. The van der Waals surface area contributed by atoms with Gasteiger partial charge in [0.15, 0.2) is 0 Å². The Hall–Kier alpha value is -1.93. The smallest absolute Gasteiger partial charge is 0.347 e. The first-order valence-electron chi connectivity index (χ1n) is 6.17. The maximum atomic E-state index is 11.7. The van der Waals surface area contributed by atoms with E-state index in [2.05, 4.69) is 6.58 Å². The number of carboxylic acid groups (broad SMARTS) is 1. The van der Waals surface area contributed by atoms with Crippen molar-refractivity contribution in [3.8, 4) is 0 Å². The lowest BCUT2D eigenvalue weighted by Gasteiger charge is -2.16. The van der Waals surface area contributed by atoms with Gasteiger partial charge in [0.2, 0.25) is 6.10 Å². The predicted molar refractivity (Wildman–Crippen MR) is 70.6 cm³/mol. The van der Waals surface area contributed by atoms with Crippen LogP contribution in [0.2, 0.25) is 0 Å². The topological polar surface area (TPSA) is 108 Å². The third-order valence-corrected chi connectivity index (χ3v) is 2.28. The van der Waals surface area contributed by atoms with Gasteiger partial charge in [0.25, 0.3) is 0 Å². The average Bonchev–Trinajstić information content (AvgIpc) is 2.42. The maximum Gasteiger partial charge on any atom is 0.347 e. The van der Waals surface area contributed by atoms with Crippen LogP contribution in [0.15, 0.2) is 12.2 Å². The summed E-state index contributed by atoms with van der Waals surface area (Å²) in [7, 11) is 2.88. The molecular formula is C13H20O8. The number of carboxylic acids is 1. The minimum atomic E-state index is -1.21. The van der Waals surface area contributed by atoms with Crippen molar-refractivity contribution in [2.45, 2.75) is 18.9 Å². The van der Waals surface area contributed by atoms with Gasteiger partial charge in [-0.1, -0.05) is 6.58 Å². The van der Waals surface area contributed by atoms with E-state index >= 15 is 0 Å². The fourth-order valence-electron chi connectivity index (χ4n) is 1.24. The van der Waals surface area contributed by atoms with Crippen LogP contribution in [-0.2, 0) is 33.3 Å². The third-order valence-electron chi connectivity index (χ3n) is 2.28. The van der Waals surface area contributed by atoms with Crippen LogP contribution >= 0.6 is 0 Å². The van der Waals surface area contributed by atoms with Crippen LogP contribution in [0.3, 0.4) is 0 Å². The molecule has 0 aliphatic heterocycles. The fraction of sp³-hybridized carbons (Fsp3) is 0.615. The zero-order chi connectivity index (χ0) is 16.3. The van der Waals surface area contributed by atoms with Gasteiger partial charge in [-0.15, -0.1) is 0 Å². The van der Waals surface area contributed by atoms with Gasteiger partial charge in [-0.05, 0) is 0 Å². The molecule has 1 N–H and O–H groups in total. The van der Waals surface area contributed by atoms with Crippen molar-refractivity contribution in [3.05, 3.63) is 12.2 Å². The van der Waals surface area contributed by atoms with Gasteiger partial charge in [0.05, 0.1) is 19.6 Å². The minimum absolute atomic E-state index is 0.0203. The molecule has 0 amide bonds. The number of hydrogen-bond acceptors (Lipinski definition) is 7. The van der Waals surface area contributed by atoms with Gasteiger partial charge in [-0.3, -0.25) is 4.79 Å². The number of carbonyl (C=O) groups is 3. The summed E-state index contributed by atoms with van der Waals surface area (Å²) in [4.78, 5) is 33.9. The number of carbonyl (C=O) groups excluding carboxylic acids is 2. The largest absolute Gasteiger partial charge is 0.481 e. The highest BCUT2D eigenvalue weighted by Crippen LogP contribution is 2.08. The molecule has 1 atom stereocenters. The summed E-state index contributed by atoms with van der Waals surface area (Å²) in [6.07, 6.45) is -1.65. The molecule has 0 aromatic heterocycles. The molecule has 8 nitrogen and oxygen atoms in total. The van der Waals surface area contributed by atoms with E-state index in [0.717, 1.165) is 0 Å². The second kappa shape index (κ2) is 10.8. The molecule has 8 heteroatoms. The molecular weight excluding hydrogens is 284 g/mol. The van der Waals surface area contributed by atoms with Crippen LogP contribution in [0.4, 0.5) is 0 Å². The van der Waals surface area contributed by atoms with Crippen molar-refractivity contribution >= 4 is 17.9 Å². The average molecular weight is 304 g/mol. The van der Waals surface area contributed by atoms with Crippen molar-refractivity contribution in [1.82, 2.24) is 0 Å². The second-order valence-corrected chi connectivity index (χ2v) is 4.01. The van der Waals surface area contributed by atoms with Crippen molar-refractivity contribution in [1.29, 1.82) is 0 Å². The molecule has 0 radical (unpaired) electrons. The van der Waals surface area contributed by atoms with Gasteiger partial charge < -0.3 is 24.1 Å². The molecule has 0 saturated heterocycles. The predicted octanol–water partition coefficient (Wildman–Crippen LogP) is 0.155. The number of esters is 2. The van der Waals surface area contributed by atoms with Crippen LogP contribution in [0.1, 0.15) is 12.8 Å². The lowest BCUT2D eigenvalue weighted by molar-refractivity contribution is -0.167. The first-order valence-corrected chi connectivity index (χ1v) is 6.17. The highest BCUT2D eigenvalue weighted by Gasteiger charge is 2.26. The van der Waals surface area contributed by atoms with E-state index in [1.165, 1.54) is 14.2 Å². The number of aliphatic carboxylic acids is 1.